The van der Waals surface area contributed by atoms with Crippen molar-refractivity contribution in [3.8, 4) is 0 Å². The maximum atomic E-state index is 13.1. The van der Waals surface area contributed by atoms with E-state index in [1.165, 1.54) is 4.90 Å². The minimum atomic E-state index is -0.766. The van der Waals surface area contributed by atoms with Gasteiger partial charge in [-0.2, -0.15) is 0 Å². The van der Waals surface area contributed by atoms with Gasteiger partial charge >= 0.3 is 0 Å². The number of hydrogen-bond acceptors (Lipinski definition) is 4. The average molecular weight is 433 g/mol. The first-order chi connectivity index (χ1) is 14.9. The normalized spacial score (nSPS) is 17.8. The topological polar surface area (TPSA) is 60.9 Å². The highest BCUT2D eigenvalue weighted by Gasteiger charge is 2.46. The Bertz CT molecular complexity index is 1150. The highest BCUT2D eigenvalue weighted by Crippen LogP contribution is 2.42. The van der Waals surface area contributed by atoms with Crippen LogP contribution in [-0.2, 0) is 9.59 Å². The van der Waals surface area contributed by atoms with E-state index >= 15 is 0 Å². The van der Waals surface area contributed by atoms with Crippen LogP contribution >= 0.6 is 11.6 Å². The number of aliphatic hydroxyl groups is 1. The van der Waals surface area contributed by atoms with Gasteiger partial charge < -0.3 is 10.0 Å². The van der Waals surface area contributed by atoms with Crippen LogP contribution in [0.25, 0.3) is 5.76 Å². The summed E-state index contributed by atoms with van der Waals surface area (Å²) in [6.45, 7) is 0. The molecule has 1 N–H and O–H groups in total. The lowest BCUT2D eigenvalue weighted by atomic mass is 9.95. The fourth-order valence-corrected chi connectivity index (χ4v) is 3.85. The Morgan fingerprint density at radius 2 is 1.52 bits per heavy atom. The maximum Gasteiger partial charge on any atom is 0.300 e. The number of nitrogens with zero attached hydrogens (tertiary/aromatic N) is 2. The van der Waals surface area contributed by atoms with Crippen molar-refractivity contribution in [1.82, 2.24) is 0 Å². The number of aliphatic hydroxyl groups excluding tert-OH is 1. The average Bonchev–Trinajstić information content (AvgIpc) is 3.05. The van der Waals surface area contributed by atoms with Crippen molar-refractivity contribution in [2.45, 2.75) is 6.04 Å². The van der Waals surface area contributed by atoms with Gasteiger partial charge in [0.25, 0.3) is 11.7 Å². The van der Waals surface area contributed by atoms with Gasteiger partial charge in [-0.3, -0.25) is 14.5 Å². The van der Waals surface area contributed by atoms with Crippen LogP contribution in [0, 0.1) is 0 Å². The Morgan fingerprint density at radius 1 is 0.903 bits per heavy atom. The highest BCUT2D eigenvalue weighted by atomic mass is 35.5. The first-order valence-electron chi connectivity index (χ1n) is 9.78. The number of ketones is 1. The molecule has 3 aromatic rings. The van der Waals surface area contributed by atoms with Crippen molar-refractivity contribution in [2.75, 3.05) is 23.9 Å². The molecule has 6 heteroatoms. The molecule has 3 aromatic carbocycles. The number of halogens is 1. The second kappa shape index (κ2) is 8.28. The van der Waals surface area contributed by atoms with Gasteiger partial charge in [0.2, 0.25) is 0 Å². The summed E-state index contributed by atoms with van der Waals surface area (Å²) < 4.78 is 0. The monoisotopic (exact) mass is 432 g/mol. The van der Waals surface area contributed by atoms with Crippen molar-refractivity contribution in [1.29, 1.82) is 0 Å². The standard InChI is InChI=1S/C25H21ClN2O3/c1-27(2)19-12-8-16(9-13-19)22-21(23(29)17-6-4-3-5-7-17)24(30)25(31)28(22)20-14-10-18(26)11-15-20/h3-15,22,29H,1-2H3/b23-21-. The lowest BCUT2D eigenvalue weighted by Gasteiger charge is -2.26. The van der Waals surface area contributed by atoms with E-state index in [-0.39, 0.29) is 11.3 Å². The summed E-state index contributed by atoms with van der Waals surface area (Å²) in [7, 11) is 3.87. The zero-order chi connectivity index (χ0) is 22.1. The van der Waals surface area contributed by atoms with E-state index in [0.717, 1.165) is 11.3 Å². The van der Waals surface area contributed by atoms with Crippen LogP contribution in [0.5, 0.6) is 0 Å². The molecule has 1 heterocycles. The summed E-state index contributed by atoms with van der Waals surface area (Å²) in [4.78, 5) is 29.5. The number of carbonyl (C=O) groups is 2. The highest BCUT2D eigenvalue weighted by molar-refractivity contribution is 6.51. The number of rotatable bonds is 4. The van der Waals surface area contributed by atoms with Crippen molar-refractivity contribution < 1.29 is 14.7 Å². The van der Waals surface area contributed by atoms with Crippen LogP contribution in [0.3, 0.4) is 0 Å². The van der Waals surface area contributed by atoms with E-state index in [1.807, 2.05) is 49.3 Å². The van der Waals surface area contributed by atoms with Gasteiger partial charge in [-0.1, -0.05) is 54.1 Å². The molecule has 1 aliphatic rings. The Labute approximate surface area is 185 Å². The zero-order valence-corrected chi connectivity index (χ0v) is 17.9. The molecule has 1 amide bonds. The molecule has 1 aliphatic heterocycles. The molecule has 1 unspecified atom stereocenters. The second-order valence-corrected chi connectivity index (χ2v) is 7.93. The molecular weight excluding hydrogens is 412 g/mol. The molecule has 0 radical (unpaired) electrons. The third-order valence-electron chi connectivity index (χ3n) is 5.32. The lowest BCUT2D eigenvalue weighted by Crippen LogP contribution is -2.29. The molecule has 4 rings (SSSR count). The minimum absolute atomic E-state index is 0.0590. The number of Topliss-reactive ketones (excluding diaryl/α,β-unsaturated/α-hetero) is 1. The molecule has 1 atom stereocenters. The number of carbonyl (C=O) groups excluding carboxylic acids is 2. The molecule has 1 saturated heterocycles. The van der Waals surface area contributed by atoms with Gasteiger partial charge in [0.05, 0.1) is 11.6 Å². The van der Waals surface area contributed by atoms with Crippen LogP contribution in [0.2, 0.25) is 5.02 Å². The third kappa shape index (κ3) is 3.80. The van der Waals surface area contributed by atoms with E-state index in [2.05, 4.69) is 0 Å². The SMILES string of the molecule is CN(C)c1ccc(C2/C(=C(/O)c3ccccc3)C(=O)C(=O)N2c2ccc(Cl)cc2)cc1. The number of hydrogen-bond donors (Lipinski definition) is 1. The molecule has 0 saturated carbocycles. The smallest absolute Gasteiger partial charge is 0.300 e. The first-order valence-corrected chi connectivity index (χ1v) is 10.2. The quantitative estimate of drug-likeness (QED) is 0.357. The Morgan fingerprint density at radius 3 is 2.10 bits per heavy atom. The third-order valence-corrected chi connectivity index (χ3v) is 5.57. The van der Waals surface area contributed by atoms with Crippen LogP contribution in [0.4, 0.5) is 11.4 Å². The Balaban J connectivity index is 1.92. The van der Waals surface area contributed by atoms with Crippen LogP contribution < -0.4 is 9.80 Å². The summed E-state index contributed by atoms with van der Waals surface area (Å²) in [5.74, 6) is -1.61. The fourth-order valence-electron chi connectivity index (χ4n) is 3.72. The van der Waals surface area contributed by atoms with Gasteiger partial charge in [-0.25, -0.2) is 0 Å². The van der Waals surface area contributed by atoms with Crippen molar-refractivity contribution in [3.63, 3.8) is 0 Å². The van der Waals surface area contributed by atoms with E-state index in [4.69, 9.17) is 11.6 Å². The van der Waals surface area contributed by atoms with E-state index in [0.29, 0.717) is 16.3 Å². The zero-order valence-electron chi connectivity index (χ0n) is 17.1. The van der Waals surface area contributed by atoms with Gasteiger partial charge in [0, 0.05) is 36.1 Å². The van der Waals surface area contributed by atoms with Gasteiger partial charge in [-0.15, -0.1) is 0 Å². The molecule has 31 heavy (non-hydrogen) atoms. The maximum absolute atomic E-state index is 13.1. The molecule has 0 aliphatic carbocycles. The van der Waals surface area contributed by atoms with Gasteiger partial charge in [-0.05, 0) is 42.0 Å². The van der Waals surface area contributed by atoms with Gasteiger partial charge in [0.15, 0.2) is 0 Å². The predicted octanol–water partition coefficient (Wildman–Crippen LogP) is 5.03. The van der Waals surface area contributed by atoms with Crippen LogP contribution in [-0.4, -0.2) is 30.9 Å². The molecule has 5 nitrogen and oxygen atoms in total. The number of anilines is 2. The largest absolute Gasteiger partial charge is 0.507 e. The number of amides is 1. The van der Waals surface area contributed by atoms with Crippen LogP contribution in [0.15, 0.2) is 84.4 Å². The van der Waals surface area contributed by atoms with Crippen molar-refractivity contribution in [2.24, 2.45) is 0 Å². The summed E-state index contributed by atoms with van der Waals surface area (Å²) in [6.07, 6.45) is 0. The molecule has 1 fully saturated rings. The molecule has 0 spiro atoms. The molecular formula is C25H21ClN2O3. The van der Waals surface area contributed by atoms with Crippen molar-refractivity contribution in [3.05, 3.63) is 101 Å². The van der Waals surface area contributed by atoms with Crippen LogP contribution in [0.1, 0.15) is 17.2 Å². The summed E-state index contributed by atoms with van der Waals surface area (Å²) in [5, 5.41) is 11.6. The Kier molecular flexibility index (Phi) is 5.53. The van der Waals surface area contributed by atoms with E-state index in [9.17, 15) is 14.7 Å². The Hall–Kier alpha value is -3.57. The minimum Gasteiger partial charge on any atom is -0.507 e. The number of benzene rings is 3. The first kappa shape index (κ1) is 20.7. The van der Waals surface area contributed by atoms with E-state index in [1.54, 1.807) is 48.5 Å². The molecule has 0 aromatic heterocycles. The fraction of sp³-hybridized carbons (Fsp3) is 0.120. The summed E-state index contributed by atoms with van der Waals surface area (Å²) in [5.41, 5.74) is 2.77. The molecule has 156 valence electrons. The van der Waals surface area contributed by atoms with Crippen molar-refractivity contribution >= 4 is 40.4 Å². The van der Waals surface area contributed by atoms with Gasteiger partial charge in [0.1, 0.15) is 5.76 Å². The molecule has 0 bridgehead atoms. The summed E-state index contributed by atoms with van der Waals surface area (Å²) >= 11 is 6.02. The predicted molar refractivity (Wildman–Crippen MR) is 123 cm³/mol. The summed E-state index contributed by atoms with van der Waals surface area (Å²) in [6, 6.07) is 22.3. The second-order valence-electron chi connectivity index (χ2n) is 7.50. The van der Waals surface area contributed by atoms with E-state index < -0.39 is 17.7 Å². The lowest BCUT2D eigenvalue weighted by molar-refractivity contribution is -0.132.